The van der Waals surface area contributed by atoms with Crippen molar-refractivity contribution in [3.63, 3.8) is 0 Å². The monoisotopic (exact) mass is 369 g/mol. The van der Waals surface area contributed by atoms with Crippen LogP contribution in [-0.2, 0) is 31.9 Å². The zero-order chi connectivity index (χ0) is 18.5. The average Bonchev–Trinajstić information content (AvgIpc) is 2.52. The lowest BCUT2D eigenvalue weighted by Crippen LogP contribution is -2.56. The number of carbonyl (C=O) groups excluding carboxylic acids is 1. The van der Waals surface area contributed by atoms with Gasteiger partial charge in [0.1, 0.15) is 0 Å². The molecule has 0 saturated carbocycles. The number of amides is 1. The van der Waals surface area contributed by atoms with Crippen LogP contribution in [0.5, 0.6) is 0 Å². The molecule has 25 heavy (non-hydrogen) atoms. The molecule has 1 aliphatic rings. The summed E-state index contributed by atoms with van der Waals surface area (Å²) in [5, 5.41) is 2.84. The van der Waals surface area contributed by atoms with E-state index in [9.17, 15) is 13.2 Å². The quantitative estimate of drug-likeness (QED) is 0.653. The minimum absolute atomic E-state index is 0.126. The Bertz CT molecular complexity index is 698. The fourth-order valence-electron chi connectivity index (χ4n) is 2.79. The molecule has 1 aromatic rings. The van der Waals surface area contributed by atoms with Crippen molar-refractivity contribution in [3.05, 3.63) is 35.4 Å². The minimum Gasteiger partial charge on any atom is -0.381 e. The molecule has 1 aromatic carbocycles. The summed E-state index contributed by atoms with van der Waals surface area (Å²) in [5.41, 5.74) is 6.67. The van der Waals surface area contributed by atoms with Crippen LogP contribution in [-0.4, -0.2) is 39.1 Å². The van der Waals surface area contributed by atoms with Crippen molar-refractivity contribution < 1.29 is 17.9 Å². The fraction of sp³-hybridized carbons (Fsp3) is 0.588. The van der Waals surface area contributed by atoms with Crippen molar-refractivity contribution in [2.45, 2.75) is 50.6 Å². The number of benzene rings is 1. The molecule has 0 bridgehead atoms. The lowest BCUT2D eigenvalue weighted by molar-refractivity contribution is -0.129. The van der Waals surface area contributed by atoms with Gasteiger partial charge in [0.05, 0.1) is 11.3 Å². The predicted molar refractivity (Wildman–Crippen MR) is 96.2 cm³/mol. The van der Waals surface area contributed by atoms with Crippen molar-refractivity contribution in [2.75, 3.05) is 13.2 Å². The molecule has 7 nitrogen and oxygen atoms in total. The first-order valence-electron chi connectivity index (χ1n) is 8.43. The standard InChI is InChI=1S/C17H27N3O4S/c1-13(2)20-25(22,23)12-15-6-4-3-5-14(15)11-19-16(21)17(18)7-9-24-10-8-17/h3-6,13,20H,7-12,18H2,1-2H3,(H,19,21). The van der Waals surface area contributed by atoms with Crippen LogP contribution in [0.1, 0.15) is 37.8 Å². The number of nitrogens with two attached hydrogens (primary N) is 1. The smallest absolute Gasteiger partial charge is 0.240 e. The Morgan fingerprint density at radius 2 is 1.84 bits per heavy atom. The molecule has 4 N–H and O–H groups in total. The predicted octanol–water partition coefficient (Wildman–Crippen LogP) is 0.639. The molecule has 0 atom stereocenters. The van der Waals surface area contributed by atoms with Gasteiger partial charge in [-0.3, -0.25) is 4.79 Å². The maximum atomic E-state index is 12.4. The first-order chi connectivity index (χ1) is 11.7. The van der Waals surface area contributed by atoms with Crippen molar-refractivity contribution in [1.82, 2.24) is 10.0 Å². The molecule has 1 aliphatic heterocycles. The van der Waals surface area contributed by atoms with E-state index < -0.39 is 15.6 Å². The zero-order valence-corrected chi connectivity index (χ0v) is 15.6. The highest BCUT2D eigenvalue weighted by Crippen LogP contribution is 2.18. The second-order valence-electron chi connectivity index (χ2n) is 6.75. The molecular formula is C17H27N3O4S. The van der Waals surface area contributed by atoms with Gasteiger partial charge in [-0.25, -0.2) is 13.1 Å². The van der Waals surface area contributed by atoms with Crippen molar-refractivity contribution >= 4 is 15.9 Å². The molecular weight excluding hydrogens is 342 g/mol. The molecule has 0 aliphatic carbocycles. The number of hydrogen-bond acceptors (Lipinski definition) is 5. The molecule has 0 unspecified atom stereocenters. The zero-order valence-electron chi connectivity index (χ0n) is 14.7. The molecule has 1 saturated heterocycles. The Balaban J connectivity index is 2.04. The summed E-state index contributed by atoms with van der Waals surface area (Å²) in [7, 11) is -3.43. The van der Waals surface area contributed by atoms with Crippen LogP contribution in [0.15, 0.2) is 24.3 Å². The Hall–Kier alpha value is -1.48. The van der Waals surface area contributed by atoms with E-state index in [4.69, 9.17) is 10.5 Å². The van der Waals surface area contributed by atoms with Crippen LogP contribution in [0.3, 0.4) is 0 Å². The first kappa shape index (κ1) is 19.8. The third kappa shape index (κ3) is 5.78. The molecule has 1 fully saturated rings. The van der Waals surface area contributed by atoms with E-state index in [1.54, 1.807) is 26.0 Å². The number of carbonyl (C=O) groups is 1. The van der Waals surface area contributed by atoms with E-state index in [0.29, 0.717) is 31.6 Å². The van der Waals surface area contributed by atoms with Gasteiger partial charge in [0.25, 0.3) is 0 Å². The molecule has 8 heteroatoms. The van der Waals surface area contributed by atoms with Crippen LogP contribution in [0.4, 0.5) is 0 Å². The number of ether oxygens (including phenoxy) is 1. The van der Waals surface area contributed by atoms with Gasteiger partial charge in [-0.05, 0) is 37.8 Å². The van der Waals surface area contributed by atoms with Crippen LogP contribution >= 0.6 is 0 Å². The number of nitrogens with one attached hydrogen (secondary N) is 2. The largest absolute Gasteiger partial charge is 0.381 e. The van der Waals surface area contributed by atoms with E-state index in [1.807, 2.05) is 12.1 Å². The number of rotatable bonds is 7. The summed E-state index contributed by atoms with van der Waals surface area (Å²) in [5.74, 6) is -0.354. The lowest BCUT2D eigenvalue weighted by Gasteiger charge is -2.31. The Kier molecular flexibility index (Phi) is 6.56. The summed E-state index contributed by atoms with van der Waals surface area (Å²) >= 11 is 0. The lowest BCUT2D eigenvalue weighted by atomic mass is 9.90. The number of sulfonamides is 1. The fourth-order valence-corrected chi connectivity index (χ4v) is 4.28. The highest BCUT2D eigenvalue weighted by Gasteiger charge is 2.35. The summed E-state index contributed by atoms with van der Waals surface area (Å²) in [6, 6.07) is 7.01. The van der Waals surface area contributed by atoms with Gasteiger partial charge in [0.15, 0.2) is 0 Å². The van der Waals surface area contributed by atoms with Gasteiger partial charge in [-0.1, -0.05) is 24.3 Å². The van der Waals surface area contributed by atoms with Crippen LogP contribution in [0, 0.1) is 0 Å². The maximum Gasteiger partial charge on any atom is 0.240 e. The Morgan fingerprint density at radius 1 is 1.24 bits per heavy atom. The molecule has 140 valence electrons. The summed E-state index contributed by atoms with van der Waals surface area (Å²) in [6.45, 7) is 4.74. The van der Waals surface area contributed by atoms with Crippen molar-refractivity contribution in [1.29, 1.82) is 0 Å². The van der Waals surface area contributed by atoms with Gasteiger partial charge in [0.2, 0.25) is 15.9 Å². The van der Waals surface area contributed by atoms with E-state index >= 15 is 0 Å². The summed E-state index contributed by atoms with van der Waals surface area (Å²) in [4.78, 5) is 12.4. The van der Waals surface area contributed by atoms with Gasteiger partial charge in [-0.15, -0.1) is 0 Å². The van der Waals surface area contributed by atoms with Crippen LogP contribution < -0.4 is 15.8 Å². The second kappa shape index (κ2) is 8.27. The highest BCUT2D eigenvalue weighted by atomic mass is 32.2. The van der Waals surface area contributed by atoms with Gasteiger partial charge < -0.3 is 15.8 Å². The van der Waals surface area contributed by atoms with E-state index in [1.165, 1.54) is 0 Å². The third-order valence-corrected chi connectivity index (χ3v) is 5.68. The highest BCUT2D eigenvalue weighted by molar-refractivity contribution is 7.88. The van der Waals surface area contributed by atoms with Crippen LogP contribution in [0.2, 0.25) is 0 Å². The van der Waals surface area contributed by atoms with Gasteiger partial charge >= 0.3 is 0 Å². The normalized spacial score (nSPS) is 17.4. The van der Waals surface area contributed by atoms with Gasteiger partial charge in [0, 0.05) is 25.8 Å². The Morgan fingerprint density at radius 3 is 2.44 bits per heavy atom. The second-order valence-corrected chi connectivity index (χ2v) is 8.51. The molecule has 0 aromatic heterocycles. The van der Waals surface area contributed by atoms with E-state index in [0.717, 1.165) is 5.56 Å². The average molecular weight is 369 g/mol. The number of hydrogen-bond donors (Lipinski definition) is 3. The molecule has 1 heterocycles. The van der Waals surface area contributed by atoms with E-state index in [-0.39, 0.29) is 24.2 Å². The Labute approximate surface area is 149 Å². The molecule has 1 amide bonds. The van der Waals surface area contributed by atoms with Crippen molar-refractivity contribution in [2.24, 2.45) is 5.73 Å². The first-order valence-corrected chi connectivity index (χ1v) is 10.1. The molecule has 0 radical (unpaired) electrons. The van der Waals surface area contributed by atoms with Crippen molar-refractivity contribution in [3.8, 4) is 0 Å². The molecule has 0 spiro atoms. The molecule has 2 rings (SSSR count). The topological polar surface area (TPSA) is 111 Å². The van der Waals surface area contributed by atoms with E-state index in [2.05, 4.69) is 10.0 Å². The van der Waals surface area contributed by atoms with Gasteiger partial charge in [-0.2, -0.15) is 0 Å². The summed E-state index contributed by atoms with van der Waals surface area (Å²) in [6.07, 6.45) is 0.959. The third-order valence-electron chi connectivity index (χ3n) is 4.16. The summed E-state index contributed by atoms with van der Waals surface area (Å²) < 4.78 is 32.2. The minimum atomic E-state index is -3.43. The maximum absolute atomic E-state index is 12.4. The SMILES string of the molecule is CC(C)NS(=O)(=O)Cc1ccccc1CNC(=O)C1(N)CCOCC1. The van der Waals surface area contributed by atoms with Crippen LogP contribution in [0.25, 0.3) is 0 Å².